The standard InChI is InChI=1S/C33H22BrN3O6S2/c34-23-10-7-22(8-11-23)31-28-18-9-21-3-1-2-4-27(21)30(28)35-33-36(31)32(38)29(44-33)19-20-5-14-25(15-6-20)43-45(41,42)26-16-12-24(13-17-26)37(39)40/h1-8,10-17,19,31H,9,18H2/b29-19-/t31-/m0/s1. The first kappa shape index (κ1) is 29.1. The number of aromatic nitrogens is 1. The van der Waals surface area contributed by atoms with Crippen LogP contribution in [0.3, 0.4) is 0 Å². The van der Waals surface area contributed by atoms with Gasteiger partial charge in [0.25, 0.3) is 11.2 Å². The maximum absolute atomic E-state index is 14.0. The van der Waals surface area contributed by atoms with Gasteiger partial charge in [0.2, 0.25) is 0 Å². The molecule has 0 N–H and O–H groups in total. The Kier molecular flexibility index (Phi) is 7.35. The summed E-state index contributed by atoms with van der Waals surface area (Å²) in [6, 6.07) is 26.8. The Morgan fingerprint density at radius 2 is 1.67 bits per heavy atom. The lowest BCUT2D eigenvalue weighted by Gasteiger charge is -2.30. The van der Waals surface area contributed by atoms with Crippen molar-refractivity contribution in [2.24, 2.45) is 4.99 Å². The van der Waals surface area contributed by atoms with Gasteiger partial charge in [-0.15, -0.1) is 0 Å². The van der Waals surface area contributed by atoms with E-state index in [9.17, 15) is 23.3 Å². The minimum atomic E-state index is -4.21. The molecule has 2 heterocycles. The second-order valence-corrected chi connectivity index (χ2v) is 14.0. The van der Waals surface area contributed by atoms with Crippen LogP contribution in [0, 0.1) is 10.1 Å². The third-order valence-corrected chi connectivity index (χ3v) is 10.6. The number of benzene rings is 4. The minimum Gasteiger partial charge on any atom is -0.379 e. The van der Waals surface area contributed by atoms with Crippen LogP contribution in [-0.2, 0) is 16.5 Å². The highest BCUT2D eigenvalue weighted by atomic mass is 79.9. The molecule has 45 heavy (non-hydrogen) atoms. The number of hydrogen-bond acceptors (Lipinski definition) is 8. The molecule has 224 valence electrons. The topological polar surface area (TPSA) is 121 Å². The summed E-state index contributed by atoms with van der Waals surface area (Å²) in [4.78, 5) is 29.7. The van der Waals surface area contributed by atoms with Crippen LogP contribution in [0.4, 0.5) is 5.69 Å². The smallest absolute Gasteiger partial charge is 0.339 e. The molecule has 0 unspecified atom stereocenters. The van der Waals surface area contributed by atoms with Crippen LogP contribution >= 0.6 is 27.3 Å². The molecule has 0 saturated carbocycles. The van der Waals surface area contributed by atoms with Crippen LogP contribution in [0.25, 0.3) is 11.8 Å². The summed E-state index contributed by atoms with van der Waals surface area (Å²) in [6.45, 7) is 0. The number of rotatable bonds is 6. The second-order valence-electron chi connectivity index (χ2n) is 10.5. The van der Waals surface area contributed by atoms with E-state index in [1.54, 1.807) is 22.8 Å². The molecule has 4 aromatic carbocycles. The molecule has 5 aromatic rings. The van der Waals surface area contributed by atoms with Gasteiger partial charge in [0, 0.05) is 22.2 Å². The van der Waals surface area contributed by atoms with Crippen molar-refractivity contribution in [2.75, 3.05) is 0 Å². The summed E-state index contributed by atoms with van der Waals surface area (Å²) >= 11 is 4.83. The van der Waals surface area contributed by atoms with E-state index in [4.69, 9.17) is 9.18 Å². The third-order valence-electron chi connectivity index (χ3n) is 7.78. The van der Waals surface area contributed by atoms with Gasteiger partial charge < -0.3 is 4.18 Å². The van der Waals surface area contributed by atoms with Crippen molar-refractivity contribution >= 4 is 54.8 Å². The average Bonchev–Trinajstić information content (AvgIpc) is 3.35. The quantitative estimate of drug-likeness (QED) is 0.126. The number of nitro groups is 1. The van der Waals surface area contributed by atoms with Gasteiger partial charge in [-0.3, -0.25) is 19.5 Å². The van der Waals surface area contributed by atoms with Gasteiger partial charge in [-0.1, -0.05) is 75.8 Å². The molecule has 1 aliphatic carbocycles. The molecule has 7 rings (SSSR count). The molecule has 0 saturated heterocycles. The summed E-state index contributed by atoms with van der Waals surface area (Å²) in [5.74, 6) is 0.0635. The van der Waals surface area contributed by atoms with Crippen LogP contribution in [-0.4, -0.2) is 17.9 Å². The van der Waals surface area contributed by atoms with E-state index in [-0.39, 0.29) is 27.9 Å². The second kappa shape index (κ2) is 11.4. The Labute approximate surface area is 269 Å². The van der Waals surface area contributed by atoms with Crippen molar-refractivity contribution in [1.82, 2.24) is 4.57 Å². The number of nitro benzene ring substituents is 1. The predicted molar refractivity (Wildman–Crippen MR) is 174 cm³/mol. The van der Waals surface area contributed by atoms with E-state index >= 15 is 0 Å². The van der Waals surface area contributed by atoms with Gasteiger partial charge in [-0.2, -0.15) is 8.42 Å². The predicted octanol–water partition coefficient (Wildman–Crippen LogP) is 5.76. The van der Waals surface area contributed by atoms with Crippen LogP contribution in [0.1, 0.15) is 34.7 Å². The summed E-state index contributed by atoms with van der Waals surface area (Å²) in [7, 11) is -4.21. The lowest BCUT2D eigenvalue weighted by molar-refractivity contribution is -0.384. The molecule has 0 fully saturated rings. The van der Waals surface area contributed by atoms with Crippen LogP contribution < -0.4 is 19.1 Å². The van der Waals surface area contributed by atoms with Gasteiger partial charge in [0.1, 0.15) is 10.6 Å². The number of thiazole rings is 1. The van der Waals surface area contributed by atoms with E-state index in [1.165, 1.54) is 29.0 Å². The van der Waals surface area contributed by atoms with Gasteiger partial charge in [0.05, 0.1) is 21.2 Å². The van der Waals surface area contributed by atoms with E-state index in [1.807, 2.05) is 36.4 Å². The SMILES string of the molecule is O=c1/c(=C/c2ccc(OS(=O)(=O)c3ccc([N+](=O)[O-])cc3)cc2)sc2n1[C@@H](c1ccc(Br)cc1)C1=C(N=2)c2ccccc2CC1. The molecule has 2 aliphatic rings. The minimum absolute atomic E-state index is 0.0635. The first-order chi connectivity index (χ1) is 21.7. The first-order valence-corrected chi connectivity index (χ1v) is 16.9. The third kappa shape index (κ3) is 5.45. The normalized spacial score (nSPS) is 15.9. The van der Waals surface area contributed by atoms with Crippen LogP contribution in [0.2, 0.25) is 0 Å². The van der Waals surface area contributed by atoms with E-state index in [0.717, 1.165) is 64.0 Å². The molecular weight excluding hydrogens is 678 g/mol. The Morgan fingerprint density at radius 3 is 2.38 bits per heavy atom. The van der Waals surface area contributed by atoms with Gasteiger partial charge >= 0.3 is 10.1 Å². The molecule has 12 heteroatoms. The summed E-state index contributed by atoms with van der Waals surface area (Å²) < 4.78 is 33.9. The monoisotopic (exact) mass is 699 g/mol. The lowest BCUT2D eigenvalue weighted by Crippen LogP contribution is -2.38. The fourth-order valence-corrected chi connectivity index (χ4v) is 7.84. The highest BCUT2D eigenvalue weighted by molar-refractivity contribution is 9.10. The molecule has 0 bridgehead atoms. The number of non-ortho nitro benzene ring substituents is 1. The number of allylic oxidation sites excluding steroid dienone is 1. The molecule has 9 nitrogen and oxygen atoms in total. The maximum atomic E-state index is 14.0. The molecule has 0 radical (unpaired) electrons. The largest absolute Gasteiger partial charge is 0.379 e. The molecule has 0 amide bonds. The number of halogens is 1. The van der Waals surface area contributed by atoms with Crippen molar-refractivity contribution in [3.8, 4) is 5.75 Å². The van der Waals surface area contributed by atoms with Crippen LogP contribution in [0.15, 0.2) is 122 Å². The molecule has 0 spiro atoms. The van der Waals surface area contributed by atoms with Crippen molar-refractivity contribution in [3.05, 3.63) is 159 Å². The summed E-state index contributed by atoms with van der Waals surface area (Å²) in [5.41, 5.74) is 5.68. The van der Waals surface area contributed by atoms with Crippen LogP contribution in [0.5, 0.6) is 5.75 Å². The Bertz CT molecular complexity index is 2310. The van der Waals surface area contributed by atoms with Crippen molar-refractivity contribution in [2.45, 2.75) is 23.8 Å². The lowest BCUT2D eigenvalue weighted by atomic mass is 9.83. The Balaban J connectivity index is 1.25. The Morgan fingerprint density at radius 1 is 0.956 bits per heavy atom. The Hall–Kier alpha value is -4.65. The number of aryl methyl sites for hydroxylation is 1. The fourth-order valence-electron chi connectivity index (χ4n) is 5.65. The molecule has 1 atom stereocenters. The summed E-state index contributed by atoms with van der Waals surface area (Å²) in [5, 5.41) is 10.9. The maximum Gasteiger partial charge on any atom is 0.339 e. The zero-order valence-corrected chi connectivity index (χ0v) is 26.5. The highest BCUT2D eigenvalue weighted by Crippen LogP contribution is 2.41. The summed E-state index contributed by atoms with van der Waals surface area (Å²) in [6.07, 6.45) is 3.43. The first-order valence-electron chi connectivity index (χ1n) is 13.9. The van der Waals surface area contributed by atoms with Gasteiger partial charge in [-0.05, 0) is 77.6 Å². The average molecular weight is 701 g/mol. The fraction of sp³-hybridized carbons (Fsp3) is 0.0909. The van der Waals surface area contributed by atoms with Crippen molar-refractivity contribution < 1.29 is 17.5 Å². The van der Waals surface area contributed by atoms with E-state index in [2.05, 4.69) is 28.1 Å². The zero-order chi connectivity index (χ0) is 31.3. The molecule has 1 aromatic heterocycles. The number of hydrogen-bond donors (Lipinski definition) is 0. The van der Waals surface area contributed by atoms with Gasteiger partial charge in [-0.25, -0.2) is 4.99 Å². The van der Waals surface area contributed by atoms with E-state index in [0.29, 0.717) is 14.9 Å². The molecule has 1 aliphatic heterocycles. The molecular formula is C33H22BrN3O6S2. The van der Waals surface area contributed by atoms with Crippen molar-refractivity contribution in [1.29, 1.82) is 0 Å². The zero-order valence-electron chi connectivity index (χ0n) is 23.3. The van der Waals surface area contributed by atoms with Gasteiger partial charge in [0.15, 0.2) is 4.80 Å². The van der Waals surface area contributed by atoms with E-state index < -0.39 is 15.0 Å². The number of fused-ring (bicyclic) bond motifs is 3. The van der Waals surface area contributed by atoms with Crippen molar-refractivity contribution in [3.63, 3.8) is 0 Å². The highest BCUT2D eigenvalue weighted by Gasteiger charge is 2.32. The number of nitrogens with zero attached hydrogens (tertiary/aromatic N) is 3.